The minimum atomic E-state index is 0.674. The van der Waals surface area contributed by atoms with Crippen LogP contribution >= 0.6 is 0 Å². The molecule has 0 saturated carbocycles. The number of hydrogen-bond acceptors (Lipinski definition) is 5. The van der Waals surface area contributed by atoms with Gasteiger partial charge in [-0.25, -0.2) is 4.98 Å². The molecule has 0 radical (unpaired) electrons. The number of nitrogens with one attached hydrogen (secondary N) is 2. The second kappa shape index (κ2) is 6.70. The Hall–Kier alpha value is -1.36. The molecule has 19 heavy (non-hydrogen) atoms. The zero-order valence-corrected chi connectivity index (χ0v) is 12.2. The van der Waals surface area contributed by atoms with E-state index in [1.807, 2.05) is 20.2 Å². The van der Waals surface area contributed by atoms with E-state index in [-0.39, 0.29) is 0 Å². The molecule has 2 N–H and O–H groups in total. The number of hydrogen-bond donors (Lipinski definition) is 2. The normalized spacial score (nSPS) is 17.4. The van der Waals surface area contributed by atoms with Crippen molar-refractivity contribution >= 4 is 11.8 Å². The summed E-state index contributed by atoms with van der Waals surface area (Å²) in [5.74, 6) is 2.48. The molecular weight excluding hydrogens is 238 g/mol. The van der Waals surface area contributed by atoms with Crippen LogP contribution in [0.1, 0.15) is 24.8 Å². The van der Waals surface area contributed by atoms with Gasteiger partial charge in [0.05, 0.1) is 0 Å². The van der Waals surface area contributed by atoms with Crippen molar-refractivity contribution in [2.24, 2.45) is 5.92 Å². The number of aryl methyl sites for hydroxylation is 1. The molecule has 1 aromatic heterocycles. The van der Waals surface area contributed by atoms with Gasteiger partial charge in [-0.3, -0.25) is 0 Å². The van der Waals surface area contributed by atoms with Crippen LogP contribution in [0.2, 0.25) is 0 Å². The van der Waals surface area contributed by atoms with Crippen LogP contribution in [0.4, 0.5) is 11.8 Å². The minimum absolute atomic E-state index is 0.674. The fraction of sp³-hybridized carbons (Fsp3) is 0.714. The van der Waals surface area contributed by atoms with Gasteiger partial charge in [-0.2, -0.15) is 4.98 Å². The molecule has 0 amide bonds. The number of piperidine rings is 1. The lowest BCUT2D eigenvalue weighted by Gasteiger charge is -2.29. The molecule has 0 atom stereocenters. The number of likely N-dealkylation sites (tertiary alicyclic amines) is 1. The van der Waals surface area contributed by atoms with E-state index in [2.05, 4.69) is 32.5 Å². The van der Waals surface area contributed by atoms with Crippen LogP contribution in [0.3, 0.4) is 0 Å². The number of anilines is 2. The lowest BCUT2D eigenvalue weighted by Crippen LogP contribution is -2.30. The van der Waals surface area contributed by atoms with Crippen molar-refractivity contribution in [3.63, 3.8) is 0 Å². The molecule has 2 rings (SSSR count). The van der Waals surface area contributed by atoms with Gasteiger partial charge in [0.25, 0.3) is 0 Å². The largest absolute Gasteiger partial charge is 0.370 e. The zero-order chi connectivity index (χ0) is 13.7. The first-order valence-electron chi connectivity index (χ1n) is 7.13. The fourth-order valence-corrected chi connectivity index (χ4v) is 2.49. The number of aromatic nitrogens is 2. The summed E-state index contributed by atoms with van der Waals surface area (Å²) < 4.78 is 0. The first-order valence-corrected chi connectivity index (χ1v) is 7.13. The number of nitrogens with zero attached hydrogens (tertiary/aromatic N) is 3. The summed E-state index contributed by atoms with van der Waals surface area (Å²) in [7, 11) is 4.05. The molecule has 0 aromatic carbocycles. The third kappa shape index (κ3) is 4.06. The van der Waals surface area contributed by atoms with E-state index < -0.39 is 0 Å². The molecule has 2 heterocycles. The first kappa shape index (κ1) is 14.1. The third-order valence-corrected chi connectivity index (χ3v) is 3.88. The van der Waals surface area contributed by atoms with Crippen LogP contribution in [0, 0.1) is 12.8 Å². The van der Waals surface area contributed by atoms with E-state index in [1.165, 1.54) is 32.4 Å². The summed E-state index contributed by atoms with van der Waals surface area (Å²) in [5.41, 5.74) is 1.10. The molecule has 5 heteroatoms. The zero-order valence-electron chi connectivity index (χ0n) is 12.2. The maximum Gasteiger partial charge on any atom is 0.224 e. The molecule has 1 fully saturated rings. The van der Waals surface area contributed by atoms with Crippen LogP contribution in [0.5, 0.6) is 0 Å². The van der Waals surface area contributed by atoms with E-state index in [0.717, 1.165) is 23.8 Å². The second-order valence-electron chi connectivity index (χ2n) is 5.44. The van der Waals surface area contributed by atoms with Crippen molar-refractivity contribution in [3.05, 3.63) is 11.8 Å². The van der Waals surface area contributed by atoms with E-state index in [0.29, 0.717) is 5.95 Å². The summed E-state index contributed by atoms with van der Waals surface area (Å²) in [5, 5.41) is 6.41. The molecule has 0 bridgehead atoms. The van der Waals surface area contributed by atoms with Gasteiger partial charge in [0.2, 0.25) is 5.95 Å². The highest BCUT2D eigenvalue weighted by molar-refractivity contribution is 5.46. The van der Waals surface area contributed by atoms with Crippen LogP contribution in [-0.2, 0) is 0 Å². The van der Waals surface area contributed by atoms with Crippen molar-refractivity contribution in [1.29, 1.82) is 0 Å². The van der Waals surface area contributed by atoms with Gasteiger partial charge in [0.1, 0.15) is 5.82 Å². The number of rotatable bonds is 5. The third-order valence-electron chi connectivity index (χ3n) is 3.88. The second-order valence-corrected chi connectivity index (χ2v) is 5.44. The predicted molar refractivity (Wildman–Crippen MR) is 79.6 cm³/mol. The maximum absolute atomic E-state index is 4.44. The quantitative estimate of drug-likeness (QED) is 0.850. The van der Waals surface area contributed by atoms with Crippen LogP contribution < -0.4 is 10.6 Å². The first-order chi connectivity index (χ1) is 9.19. The summed E-state index contributed by atoms with van der Waals surface area (Å²) in [6.45, 7) is 5.51. The van der Waals surface area contributed by atoms with E-state index in [4.69, 9.17) is 0 Å². The van der Waals surface area contributed by atoms with Crippen molar-refractivity contribution in [3.8, 4) is 0 Å². The average molecular weight is 263 g/mol. The monoisotopic (exact) mass is 263 g/mol. The molecule has 5 nitrogen and oxygen atoms in total. The van der Waals surface area contributed by atoms with Crippen molar-refractivity contribution < 1.29 is 0 Å². The molecule has 0 aliphatic carbocycles. The molecule has 1 aromatic rings. The van der Waals surface area contributed by atoms with Gasteiger partial charge < -0.3 is 15.5 Å². The highest BCUT2D eigenvalue weighted by Crippen LogP contribution is 2.20. The molecule has 1 saturated heterocycles. The molecule has 1 aliphatic rings. The summed E-state index contributed by atoms with van der Waals surface area (Å²) in [6, 6.07) is 0. The highest BCUT2D eigenvalue weighted by atomic mass is 15.1. The summed E-state index contributed by atoms with van der Waals surface area (Å²) in [6.07, 6.45) is 5.73. The van der Waals surface area contributed by atoms with Crippen LogP contribution in [-0.4, -0.2) is 48.6 Å². The van der Waals surface area contributed by atoms with Gasteiger partial charge in [-0.05, 0) is 52.2 Å². The van der Waals surface area contributed by atoms with Crippen LogP contribution in [0.15, 0.2) is 6.20 Å². The lowest BCUT2D eigenvalue weighted by atomic mass is 9.94. The molecule has 0 unspecified atom stereocenters. The van der Waals surface area contributed by atoms with E-state index in [1.54, 1.807) is 0 Å². The van der Waals surface area contributed by atoms with Crippen LogP contribution in [0.25, 0.3) is 0 Å². The average Bonchev–Trinajstić information content (AvgIpc) is 2.43. The SMILES string of the molecule is CNc1ncc(C)c(NCCC2CCN(C)CC2)n1. The lowest BCUT2D eigenvalue weighted by molar-refractivity contribution is 0.215. The Morgan fingerprint density at radius 1 is 1.37 bits per heavy atom. The Morgan fingerprint density at radius 3 is 2.79 bits per heavy atom. The van der Waals surface area contributed by atoms with E-state index in [9.17, 15) is 0 Å². The van der Waals surface area contributed by atoms with Gasteiger partial charge in [0.15, 0.2) is 0 Å². The molecule has 106 valence electrons. The van der Waals surface area contributed by atoms with Gasteiger partial charge in [-0.1, -0.05) is 0 Å². The smallest absolute Gasteiger partial charge is 0.224 e. The van der Waals surface area contributed by atoms with Crippen molar-refractivity contribution in [2.45, 2.75) is 26.2 Å². The molecular formula is C14H25N5. The Kier molecular flexibility index (Phi) is 4.96. The molecule has 0 spiro atoms. The highest BCUT2D eigenvalue weighted by Gasteiger charge is 2.16. The minimum Gasteiger partial charge on any atom is -0.370 e. The summed E-state index contributed by atoms with van der Waals surface area (Å²) >= 11 is 0. The van der Waals surface area contributed by atoms with Crippen molar-refractivity contribution in [2.75, 3.05) is 44.4 Å². The van der Waals surface area contributed by atoms with Gasteiger partial charge >= 0.3 is 0 Å². The molecule has 1 aliphatic heterocycles. The standard InChI is InChI=1S/C14H25N5/c1-11-10-17-14(15-2)18-13(11)16-7-4-12-5-8-19(3)9-6-12/h10,12H,4-9H2,1-3H3,(H2,15,16,17,18). The Balaban J connectivity index is 1.79. The predicted octanol–water partition coefficient (Wildman–Crippen LogP) is 1.97. The van der Waals surface area contributed by atoms with Gasteiger partial charge in [0, 0.05) is 25.4 Å². The van der Waals surface area contributed by atoms with Gasteiger partial charge in [-0.15, -0.1) is 0 Å². The van der Waals surface area contributed by atoms with Crippen molar-refractivity contribution in [1.82, 2.24) is 14.9 Å². The van der Waals surface area contributed by atoms with E-state index >= 15 is 0 Å². The fourth-order valence-electron chi connectivity index (χ4n) is 2.49. The Bertz CT molecular complexity index is 399. The topological polar surface area (TPSA) is 53.1 Å². The Morgan fingerprint density at radius 2 is 2.11 bits per heavy atom. The maximum atomic E-state index is 4.44. The summed E-state index contributed by atoms with van der Waals surface area (Å²) in [4.78, 5) is 11.1. The Labute approximate surface area is 115 Å².